The summed E-state index contributed by atoms with van der Waals surface area (Å²) in [5.74, 6) is 0.292. The van der Waals surface area contributed by atoms with Crippen LogP contribution < -0.4 is 5.32 Å². The third-order valence-corrected chi connectivity index (χ3v) is 5.75. The van der Waals surface area contributed by atoms with Gasteiger partial charge in [-0.25, -0.2) is 0 Å². The zero-order chi connectivity index (χ0) is 20.3. The molecule has 0 bridgehead atoms. The molecule has 28 heavy (non-hydrogen) atoms. The molecule has 3 rings (SSSR count). The predicted octanol–water partition coefficient (Wildman–Crippen LogP) is 0.863. The van der Waals surface area contributed by atoms with E-state index < -0.39 is 24.4 Å². The summed E-state index contributed by atoms with van der Waals surface area (Å²) in [4.78, 5) is 26.5. The van der Waals surface area contributed by atoms with Crippen LogP contribution in [0.25, 0.3) is 0 Å². The normalized spacial score (nSPS) is 28.4. The van der Waals surface area contributed by atoms with Gasteiger partial charge in [0.1, 0.15) is 18.3 Å². The smallest absolute Gasteiger partial charge is 0.251 e. The van der Waals surface area contributed by atoms with E-state index in [-0.39, 0.29) is 24.8 Å². The van der Waals surface area contributed by atoms with Gasteiger partial charge in [0, 0.05) is 25.2 Å². The Morgan fingerprint density at radius 1 is 1.11 bits per heavy atom. The second-order valence-corrected chi connectivity index (χ2v) is 8.04. The van der Waals surface area contributed by atoms with Gasteiger partial charge in [-0.3, -0.25) is 9.59 Å². The number of aryl methyl sites for hydroxylation is 1. The van der Waals surface area contributed by atoms with Crippen molar-refractivity contribution in [3.63, 3.8) is 0 Å². The zero-order valence-electron chi connectivity index (χ0n) is 16.5. The summed E-state index contributed by atoms with van der Waals surface area (Å²) in [5.41, 5.74) is 1.58. The number of nitrogens with one attached hydrogen (secondary N) is 1. The lowest BCUT2D eigenvalue weighted by Gasteiger charge is -2.31. The number of aliphatic hydroxyl groups excluding tert-OH is 2. The van der Waals surface area contributed by atoms with Crippen molar-refractivity contribution in [3.8, 4) is 0 Å². The SMILES string of the molecule is Cc1ccc(C(=O)NC[C@@H]2O[C@@H](CC(=O)N3CCC(C)CC3)[C@H](O)[C@@H]2O)cc1. The first kappa shape index (κ1) is 20.8. The van der Waals surface area contributed by atoms with Crippen LogP contribution in [0.2, 0.25) is 0 Å². The molecule has 154 valence electrons. The molecule has 1 aromatic rings. The number of carbonyl (C=O) groups excluding carboxylic acids is 2. The minimum Gasteiger partial charge on any atom is -0.388 e. The van der Waals surface area contributed by atoms with E-state index in [0.717, 1.165) is 31.5 Å². The summed E-state index contributed by atoms with van der Waals surface area (Å²) in [5, 5.41) is 23.2. The van der Waals surface area contributed by atoms with Crippen molar-refractivity contribution < 1.29 is 24.5 Å². The van der Waals surface area contributed by atoms with Crippen LogP contribution in [-0.2, 0) is 9.53 Å². The highest BCUT2D eigenvalue weighted by Gasteiger charge is 2.44. The maximum atomic E-state index is 12.5. The molecule has 0 spiro atoms. The van der Waals surface area contributed by atoms with Crippen molar-refractivity contribution in [1.82, 2.24) is 10.2 Å². The molecule has 0 aliphatic carbocycles. The number of amides is 2. The second-order valence-electron chi connectivity index (χ2n) is 8.04. The molecule has 2 fully saturated rings. The van der Waals surface area contributed by atoms with E-state index in [0.29, 0.717) is 11.5 Å². The molecule has 2 aliphatic rings. The van der Waals surface area contributed by atoms with E-state index in [1.807, 2.05) is 19.1 Å². The number of piperidine rings is 1. The fraction of sp³-hybridized carbons (Fsp3) is 0.619. The van der Waals surface area contributed by atoms with Crippen molar-refractivity contribution in [2.24, 2.45) is 5.92 Å². The van der Waals surface area contributed by atoms with Crippen molar-refractivity contribution >= 4 is 11.8 Å². The number of ether oxygens (including phenoxy) is 1. The van der Waals surface area contributed by atoms with E-state index >= 15 is 0 Å². The number of benzene rings is 1. The van der Waals surface area contributed by atoms with E-state index in [2.05, 4.69) is 12.2 Å². The molecule has 0 aromatic heterocycles. The first-order valence-corrected chi connectivity index (χ1v) is 9.99. The molecule has 2 heterocycles. The topological polar surface area (TPSA) is 99.1 Å². The Morgan fingerprint density at radius 3 is 2.36 bits per heavy atom. The van der Waals surface area contributed by atoms with E-state index in [9.17, 15) is 19.8 Å². The third-order valence-electron chi connectivity index (χ3n) is 5.75. The van der Waals surface area contributed by atoms with Crippen LogP contribution in [0.5, 0.6) is 0 Å². The Hall–Kier alpha value is -1.96. The maximum absolute atomic E-state index is 12.5. The molecule has 0 saturated carbocycles. The highest BCUT2D eigenvalue weighted by molar-refractivity contribution is 5.94. The van der Waals surface area contributed by atoms with Crippen molar-refractivity contribution in [2.75, 3.05) is 19.6 Å². The van der Waals surface area contributed by atoms with Gasteiger partial charge in [-0.05, 0) is 37.8 Å². The van der Waals surface area contributed by atoms with Crippen molar-refractivity contribution in [3.05, 3.63) is 35.4 Å². The number of hydrogen-bond donors (Lipinski definition) is 3. The first-order valence-electron chi connectivity index (χ1n) is 9.99. The largest absolute Gasteiger partial charge is 0.388 e. The molecule has 7 nitrogen and oxygen atoms in total. The van der Waals surface area contributed by atoms with Crippen LogP contribution in [0.15, 0.2) is 24.3 Å². The maximum Gasteiger partial charge on any atom is 0.251 e. The fourth-order valence-corrected chi connectivity index (χ4v) is 3.72. The van der Waals surface area contributed by atoms with Gasteiger partial charge in [-0.1, -0.05) is 24.6 Å². The molecule has 1 aromatic carbocycles. The lowest BCUT2D eigenvalue weighted by Crippen LogP contribution is -2.41. The summed E-state index contributed by atoms with van der Waals surface area (Å²) in [6, 6.07) is 7.16. The van der Waals surface area contributed by atoms with Crippen LogP contribution in [-0.4, -0.2) is 71.0 Å². The van der Waals surface area contributed by atoms with Crippen LogP contribution in [0, 0.1) is 12.8 Å². The van der Waals surface area contributed by atoms with Gasteiger partial charge in [-0.2, -0.15) is 0 Å². The fourth-order valence-electron chi connectivity index (χ4n) is 3.72. The van der Waals surface area contributed by atoms with E-state index in [4.69, 9.17) is 4.74 Å². The van der Waals surface area contributed by atoms with Crippen LogP contribution in [0.1, 0.15) is 42.1 Å². The summed E-state index contributed by atoms with van der Waals surface area (Å²) in [6.07, 6.45) is -1.79. The number of likely N-dealkylation sites (tertiary alicyclic amines) is 1. The Kier molecular flexibility index (Phi) is 6.69. The summed E-state index contributed by atoms with van der Waals surface area (Å²) in [6.45, 7) is 5.63. The standard InChI is InChI=1S/C21H30N2O5/c1-13-3-5-15(6-4-13)21(27)22-12-17-20(26)19(25)16(28-17)11-18(24)23-9-7-14(2)8-10-23/h3-6,14,16-17,19-20,25-26H,7-12H2,1-2H3,(H,22,27)/t16-,17-,19-,20+/m0/s1. The van der Waals surface area contributed by atoms with Gasteiger partial charge in [0.2, 0.25) is 5.91 Å². The van der Waals surface area contributed by atoms with E-state index in [1.54, 1.807) is 17.0 Å². The summed E-state index contributed by atoms with van der Waals surface area (Å²) in [7, 11) is 0. The van der Waals surface area contributed by atoms with Crippen LogP contribution in [0.4, 0.5) is 0 Å². The lowest BCUT2D eigenvalue weighted by atomic mass is 9.98. The Labute approximate surface area is 165 Å². The Balaban J connectivity index is 1.50. The molecule has 2 saturated heterocycles. The molecule has 2 aliphatic heterocycles. The summed E-state index contributed by atoms with van der Waals surface area (Å²) < 4.78 is 5.71. The number of aliphatic hydroxyl groups is 2. The van der Waals surface area contributed by atoms with Crippen molar-refractivity contribution in [2.45, 2.75) is 57.5 Å². The highest BCUT2D eigenvalue weighted by Crippen LogP contribution is 2.25. The number of nitrogens with zero attached hydrogens (tertiary/aromatic N) is 1. The monoisotopic (exact) mass is 390 g/mol. The molecule has 7 heteroatoms. The van der Waals surface area contributed by atoms with Crippen LogP contribution in [0.3, 0.4) is 0 Å². The number of carbonyl (C=O) groups is 2. The minimum atomic E-state index is -1.14. The predicted molar refractivity (Wildman–Crippen MR) is 104 cm³/mol. The average Bonchev–Trinajstić information content (AvgIpc) is 2.95. The van der Waals surface area contributed by atoms with Gasteiger partial charge in [0.25, 0.3) is 5.91 Å². The molecular weight excluding hydrogens is 360 g/mol. The first-order chi connectivity index (χ1) is 13.3. The quantitative estimate of drug-likeness (QED) is 0.693. The zero-order valence-corrected chi connectivity index (χ0v) is 16.5. The Morgan fingerprint density at radius 2 is 1.71 bits per heavy atom. The minimum absolute atomic E-state index is 0.0367. The molecule has 3 N–H and O–H groups in total. The van der Waals surface area contributed by atoms with Crippen molar-refractivity contribution in [1.29, 1.82) is 0 Å². The second kappa shape index (κ2) is 9.03. The van der Waals surface area contributed by atoms with Gasteiger partial charge < -0.3 is 25.2 Å². The molecular formula is C21H30N2O5. The van der Waals surface area contributed by atoms with E-state index in [1.165, 1.54) is 0 Å². The molecule has 0 radical (unpaired) electrons. The highest BCUT2D eigenvalue weighted by atomic mass is 16.5. The lowest BCUT2D eigenvalue weighted by molar-refractivity contribution is -0.136. The van der Waals surface area contributed by atoms with Crippen LogP contribution >= 0.6 is 0 Å². The molecule has 4 atom stereocenters. The number of rotatable bonds is 5. The van der Waals surface area contributed by atoms with Gasteiger partial charge in [0.05, 0.1) is 12.5 Å². The van der Waals surface area contributed by atoms with Gasteiger partial charge >= 0.3 is 0 Å². The summed E-state index contributed by atoms with van der Waals surface area (Å²) >= 11 is 0. The third kappa shape index (κ3) is 4.90. The Bertz CT molecular complexity index is 685. The number of hydrogen-bond acceptors (Lipinski definition) is 5. The van der Waals surface area contributed by atoms with Gasteiger partial charge in [-0.15, -0.1) is 0 Å². The average molecular weight is 390 g/mol. The molecule has 0 unspecified atom stereocenters. The van der Waals surface area contributed by atoms with Gasteiger partial charge in [0.15, 0.2) is 0 Å². The molecule has 2 amide bonds.